The number of fused-ring (bicyclic) bond motifs is 1. The molecule has 1 aliphatic rings. The lowest BCUT2D eigenvalue weighted by atomic mass is 10.3. The Bertz CT molecular complexity index is 801. The van der Waals surface area contributed by atoms with Gasteiger partial charge in [-0.1, -0.05) is 11.6 Å². The van der Waals surface area contributed by atoms with Crippen molar-refractivity contribution in [2.75, 3.05) is 11.4 Å². The lowest BCUT2D eigenvalue weighted by Crippen LogP contribution is -2.32. The van der Waals surface area contributed by atoms with Crippen molar-refractivity contribution in [2.45, 2.75) is 11.7 Å². The number of hydrogen-bond acceptors (Lipinski definition) is 5. The Hall–Kier alpha value is -1.64. The maximum absolute atomic E-state index is 11.9. The first-order valence-corrected chi connectivity index (χ1v) is 7.71. The van der Waals surface area contributed by atoms with Gasteiger partial charge in [0.15, 0.2) is 5.58 Å². The zero-order valence-electron chi connectivity index (χ0n) is 10.1. The second-order valence-electron chi connectivity index (χ2n) is 4.53. The van der Waals surface area contributed by atoms with Crippen molar-refractivity contribution in [1.82, 2.24) is 4.98 Å². The van der Waals surface area contributed by atoms with Crippen LogP contribution in [-0.4, -0.2) is 31.1 Å². The van der Waals surface area contributed by atoms with E-state index in [-0.39, 0.29) is 24.9 Å². The van der Waals surface area contributed by atoms with E-state index in [0.717, 1.165) is 0 Å². The molecule has 1 aromatic heterocycles. The molecular weight excluding hydrogens is 306 g/mol. The normalized spacial score (nSPS) is 20.0. The van der Waals surface area contributed by atoms with Gasteiger partial charge in [0.05, 0.1) is 0 Å². The van der Waals surface area contributed by atoms with Gasteiger partial charge >= 0.3 is 6.01 Å². The summed E-state index contributed by atoms with van der Waals surface area (Å²) in [6.07, 6.45) is -0.168. The Morgan fingerprint density at radius 3 is 2.85 bits per heavy atom. The molecule has 0 bridgehead atoms. The molecule has 2 heterocycles. The Balaban J connectivity index is 1.97. The summed E-state index contributed by atoms with van der Waals surface area (Å²) in [5, 5.41) is 4.62. The first kappa shape index (κ1) is 13.3. The van der Waals surface area contributed by atoms with E-state index in [1.54, 1.807) is 18.2 Å². The van der Waals surface area contributed by atoms with E-state index in [9.17, 15) is 13.2 Å². The molecule has 0 saturated carbocycles. The first-order chi connectivity index (χ1) is 9.34. The van der Waals surface area contributed by atoms with E-state index in [0.29, 0.717) is 16.1 Å². The topological polar surface area (TPSA) is 106 Å². The largest absolute Gasteiger partial charge is 0.423 e. The van der Waals surface area contributed by atoms with E-state index >= 15 is 0 Å². The average molecular weight is 316 g/mol. The molecule has 1 unspecified atom stereocenters. The number of rotatable bonds is 2. The fraction of sp³-hybridized carbons (Fsp3) is 0.273. The molecule has 1 aliphatic heterocycles. The summed E-state index contributed by atoms with van der Waals surface area (Å²) in [7, 11) is -3.77. The smallest absolute Gasteiger partial charge is 0.305 e. The van der Waals surface area contributed by atoms with Gasteiger partial charge in [0, 0.05) is 18.0 Å². The summed E-state index contributed by atoms with van der Waals surface area (Å²) in [6.45, 7) is -0.0573. The maximum atomic E-state index is 11.9. The van der Waals surface area contributed by atoms with Gasteiger partial charge in [0.1, 0.15) is 10.8 Å². The number of amides is 1. The molecule has 1 aromatic carbocycles. The molecule has 0 radical (unpaired) electrons. The Labute approximate surface area is 119 Å². The van der Waals surface area contributed by atoms with Crippen molar-refractivity contribution >= 4 is 44.6 Å². The van der Waals surface area contributed by atoms with Crippen LogP contribution in [0.15, 0.2) is 22.6 Å². The minimum atomic E-state index is -3.77. The van der Waals surface area contributed by atoms with Gasteiger partial charge in [-0.3, -0.25) is 9.69 Å². The highest BCUT2D eigenvalue weighted by Crippen LogP contribution is 2.28. The zero-order chi connectivity index (χ0) is 14.5. The molecular formula is C11H10ClN3O4S. The van der Waals surface area contributed by atoms with Gasteiger partial charge in [0.2, 0.25) is 15.9 Å². The number of nitrogens with two attached hydrogens (primary N) is 1. The number of carbonyl (C=O) groups is 1. The van der Waals surface area contributed by atoms with Gasteiger partial charge in [0.25, 0.3) is 0 Å². The average Bonchev–Trinajstić information content (AvgIpc) is 2.90. The van der Waals surface area contributed by atoms with E-state index in [1.807, 2.05) is 0 Å². The highest BCUT2D eigenvalue weighted by atomic mass is 35.5. The fourth-order valence-electron chi connectivity index (χ4n) is 2.08. The van der Waals surface area contributed by atoms with Gasteiger partial charge < -0.3 is 4.42 Å². The third kappa shape index (κ3) is 2.26. The minimum Gasteiger partial charge on any atom is -0.423 e. The number of aromatic nitrogens is 1. The van der Waals surface area contributed by atoms with Crippen molar-refractivity contribution in [3.8, 4) is 0 Å². The van der Waals surface area contributed by atoms with Crippen LogP contribution in [0.5, 0.6) is 0 Å². The molecule has 2 N–H and O–H groups in total. The number of primary sulfonamides is 1. The minimum absolute atomic E-state index is 0.0541. The predicted molar refractivity (Wildman–Crippen MR) is 72.9 cm³/mol. The van der Waals surface area contributed by atoms with Crippen LogP contribution in [0.3, 0.4) is 0 Å². The van der Waals surface area contributed by atoms with Crippen LogP contribution in [0.1, 0.15) is 6.42 Å². The fourth-order valence-corrected chi connectivity index (χ4v) is 2.98. The highest BCUT2D eigenvalue weighted by molar-refractivity contribution is 7.89. The number of sulfonamides is 1. The van der Waals surface area contributed by atoms with Crippen molar-refractivity contribution in [3.05, 3.63) is 23.2 Å². The summed E-state index contributed by atoms with van der Waals surface area (Å²) >= 11 is 5.84. The number of carbonyl (C=O) groups excluding carboxylic acids is 1. The molecule has 1 amide bonds. The van der Waals surface area contributed by atoms with Gasteiger partial charge in [-0.15, -0.1) is 0 Å². The van der Waals surface area contributed by atoms with E-state index in [1.165, 1.54) is 4.90 Å². The lowest BCUT2D eigenvalue weighted by Gasteiger charge is -2.10. The van der Waals surface area contributed by atoms with E-state index in [2.05, 4.69) is 4.98 Å². The summed E-state index contributed by atoms with van der Waals surface area (Å²) < 4.78 is 28.0. The van der Waals surface area contributed by atoms with Crippen LogP contribution in [0.2, 0.25) is 5.02 Å². The predicted octanol–water partition coefficient (Wildman–Crippen LogP) is 0.875. The molecule has 7 nitrogen and oxygen atoms in total. The summed E-state index contributed by atoms with van der Waals surface area (Å²) in [4.78, 5) is 17.2. The van der Waals surface area contributed by atoms with E-state index < -0.39 is 15.3 Å². The zero-order valence-corrected chi connectivity index (χ0v) is 11.7. The summed E-state index contributed by atoms with van der Waals surface area (Å²) in [5.41, 5.74) is 0.968. The highest BCUT2D eigenvalue weighted by Gasteiger charge is 2.39. The van der Waals surface area contributed by atoms with Gasteiger partial charge in [-0.25, -0.2) is 13.6 Å². The SMILES string of the molecule is NS(=O)(=O)C1CC(=O)N(c2nc3cc(Cl)ccc3o2)C1. The number of hydrogen-bond donors (Lipinski definition) is 1. The van der Waals surface area contributed by atoms with Crippen molar-refractivity contribution in [1.29, 1.82) is 0 Å². The van der Waals surface area contributed by atoms with E-state index in [4.69, 9.17) is 21.2 Å². The van der Waals surface area contributed by atoms with Gasteiger partial charge in [-0.2, -0.15) is 4.98 Å². The van der Waals surface area contributed by atoms with Crippen LogP contribution < -0.4 is 10.0 Å². The lowest BCUT2D eigenvalue weighted by molar-refractivity contribution is -0.117. The Morgan fingerprint density at radius 2 is 2.20 bits per heavy atom. The summed E-state index contributed by atoms with van der Waals surface area (Å²) in [5.74, 6) is -0.387. The second-order valence-corrected chi connectivity index (χ2v) is 6.81. The Kier molecular flexibility index (Phi) is 2.96. The maximum Gasteiger partial charge on any atom is 0.305 e. The number of nitrogens with zero attached hydrogens (tertiary/aromatic N) is 2. The number of halogens is 1. The number of anilines is 1. The third-order valence-electron chi connectivity index (χ3n) is 3.12. The number of benzene rings is 1. The molecule has 1 saturated heterocycles. The molecule has 1 fully saturated rings. The van der Waals surface area contributed by atoms with Crippen LogP contribution in [0.25, 0.3) is 11.1 Å². The molecule has 2 aromatic rings. The molecule has 9 heteroatoms. The second kappa shape index (κ2) is 4.44. The molecule has 1 atom stereocenters. The standard InChI is InChI=1S/C11H10ClN3O4S/c12-6-1-2-9-8(3-6)14-11(19-9)15-5-7(4-10(15)16)20(13,17)18/h1-3,7H,4-5H2,(H2,13,17,18). The van der Waals surface area contributed by atoms with Crippen LogP contribution in [0, 0.1) is 0 Å². The van der Waals surface area contributed by atoms with Crippen molar-refractivity contribution in [3.63, 3.8) is 0 Å². The molecule has 0 aliphatic carbocycles. The van der Waals surface area contributed by atoms with Crippen LogP contribution in [-0.2, 0) is 14.8 Å². The molecule has 20 heavy (non-hydrogen) atoms. The van der Waals surface area contributed by atoms with Crippen molar-refractivity contribution < 1.29 is 17.6 Å². The third-order valence-corrected chi connectivity index (χ3v) is 4.60. The summed E-state index contributed by atoms with van der Waals surface area (Å²) in [6, 6.07) is 4.92. The quantitative estimate of drug-likeness (QED) is 0.885. The molecule has 0 spiro atoms. The van der Waals surface area contributed by atoms with Crippen LogP contribution in [0.4, 0.5) is 6.01 Å². The van der Waals surface area contributed by atoms with Gasteiger partial charge in [-0.05, 0) is 18.2 Å². The van der Waals surface area contributed by atoms with Crippen molar-refractivity contribution in [2.24, 2.45) is 5.14 Å². The first-order valence-electron chi connectivity index (χ1n) is 5.72. The molecule has 3 rings (SSSR count). The Morgan fingerprint density at radius 1 is 1.45 bits per heavy atom. The monoisotopic (exact) mass is 315 g/mol. The molecule has 106 valence electrons. The van der Waals surface area contributed by atoms with Crippen LogP contribution >= 0.6 is 11.6 Å². The number of oxazole rings is 1.